The molecule has 0 bridgehead atoms. The third-order valence-corrected chi connectivity index (χ3v) is 5.29. The molecule has 2 rings (SSSR count). The molecule has 0 aromatic carbocycles. The van der Waals surface area contributed by atoms with E-state index in [1.54, 1.807) is 11.9 Å². The minimum atomic E-state index is -0.362. The molecule has 2 unspecified atom stereocenters. The second-order valence-corrected chi connectivity index (χ2v) is 7.40. The Kier molecular flexibility index (Phi) is 6.50. The number of nitrogens with one attached hydrogen (secondary N) is 1. The Bertz CT molecular complexity index is 352. The summed E-state index contributed by atoms with van der Waals surface area (Å²) in [6.45, 7) is 1.13. The number of hydrogen-bond acceptors (Lipinski definition) is 3. The SMILES string of the molecule is CN(CC(O)C1CC1)C(=O)NCC(C1CCCCC1)N(C)C. The molecule has 2 amide bonds. The van der Waals surface area contributed by atoms with Gasteiger partial charge in [-0.3, -0.25) is 0 Å². The maximum absolute atomic E-state index is 12.2. The minimum absolute atomic E-state index is 0.0673. The molecule has 0 aliphatic heterocycles. The van der Waals surface area contributed by atoms with Crippen molar-refractivity contribution in [3.63, 3.8) is 0 Å². The molecule has 0 radical (unpaired) electrons. The third-order valence-electron chi connectivity index (χ3n) is 5.29. The van der Waals surface area contributed by atoms with Crippen LogP contribution in [0.25, 0.3) is 0 Å². The summed E-state index contributed by atoms with van der Waals surface area (Å²) in [4.78, 5) is 16.1. The first-order chi connectivity index (χ1) is 10.5. The van der Waals surface area contributed by atoms with Crippen LogP contribution in [0, 0.1) is 11.8 Å². The van der Waals surface area contributed by atoms with Crippen LogP contribution in [0.4, 0.5) is 4.79 Å². The summed E-state index contributed by atoms with van der Waals surface area (Å²) >= 11 is 0. The molecular weight excluding hydrogens is 278 g/mol. The first kappa shape index (κ1) is 17.5. The van der Waals surface area contributed by atoms with Gasteiger partial charge in [0.1, 0.15) is 0 Å². The van der Waals surface area contributed by atoms with E-state index in [4.69, 9.17) is 0 Å². The summed E-state index contributed by atoms with van der Waals surface area (Å²) in [6, 6.07) is 0.341. The summed E-state index contributed by atoms with van der Waals surface area (Å²) < 4.78 is 0. The molecule has 2 aliphatic carbocycles. The number of aliphatic hydroxyl groups is 1. The molecule has 0 heterocycles. The second kappa shape index (κ2) is 8.16. The Balaban J connectivity index is 1.76. The number of aliphatic hydroxyl groups excluding tert-OH is 1. The van der Waals surface area contributed by atoms with E-state index in [-0.39, 0.29) is 12.1 Å². The highest BCUT2D eigenvalue weighted by atomic mass is 16.3. The lowest BCUT2D eigenvalue weighted by atomic mass is 9.83. The van der Waals surface area contributed by atoms with Gasteiger partial charge in [-0.25, -0.2) is 4.79 Å². The van der Waals surface area contributed by atoms with Crippen molar-refractivity contribution in [3.05, 3.63) is 0 Å². The number of likely N-dealkylation sites (N-methyl/N-ethyl adjacent to an activating group) is 2. The number of urea groups is 1. The lowest BCUT2D eigenvalue weighted by Gasteiger charge is -2.35. The van der Waals surface area contributed by atoms with Gasteiger partial charge in [-0.1, -0.05) is 19.3 Å². The highest BCUT2D eigenvalue weighted by Crippen LogP contribution is 2.32. The molecule has 2 atom stereocenters. The Morgan fingerprint density at radius 3 is 2.27 bits per heavy atom. The maximum atomic E-state index is 12.2. The van der Waals surface area contributed by atoms with Crippen LogP contribution in [0.2, 0.25) is 0 Å². The van der Waals surface area contributed by atoms with Crippen molar-refractivity contribution in [1.82, 2.24) is 15.1 Å². The van der Waals surface area contributed by atoms with Gasteiger partial charge in [-0.15, -0.1) is 0 Å². The summed E-state index contributed by atoms with van der Waals surface area (Å²) in [5.41, 5.74) is 0. The fourth-order valence-electron chi connectivity index (χ4n) is 3.61. The predicted octanol–water partition coefficient (Wildman–Crippen LogP) is 1.91. The van der Waals surface area contributed by atoms with Gasteiger partial charge in [0.15, 0.2) is 0 Å². The zero-order chi connectivity index (χ0) is 16.1. The molecule has 2 fully saturated rings. The number of carbonyl (C=O) groups excluding carboxylic acids is 1. The van der Waals surface area contributed by atoms with Crippen molar-refractivity contribution in [3.8, 4) is 0 Å². The fourth-order valence-corrected chi connectivity index (χ4v) is 3.61. The van der Waals surface area contributed by atoms with E-state index >= 15 is 0 Å². The van der Waals surface area contributed by atoms with Crippen LogP contribution in [-0.2, 0) is 0 Å². The van der Waals surface area contributed by atoms with Crippen molar-refractivity contribution < 1.29 is 9.90 Å². The lowest BCUT2D eigenvalue weighted by molar-refractivity contribution is 0.111. The molecule has 0 aromatic heterocycles. The van der Waals surface area contributed by atoms with E-state index in [2.05, 4.69) is 24.3 Å². The third kappa shape index (κ3) is 5.13. The van der Waals surface area contributed by atoms with E-state index in [1.807, 2.05) is 0 Å². The Hall–Kier alpha value is -0.810. The zero-order valence-electron chi connectivity index (χ0n) is 14.4. The predicted molar refractivity (Wildman–Crippen MR) is 88.8 cm³/mol. The van der Waals surface area contributed by atoms with E-state index in [9.17, 15) is 9.90 Å². The fraction of sp³-hybridized carbons (Fsp3) is 0.941. The summed E-state index contributed by atoms with van der Waals surface area (Å²) in [7, 11) is 5.98. The first-order valence-electron chi connectivity index (χ1n) is 8.82. The topological polar surface area (TPSA) is 55.8 Å². The van der Waals surface area contributed by atoms with E-state index in [0.717, 1.165) is 12.8 Å². The molecule has 2 aliphatic rings. The number of carbonyl (C=O) groups is 1. The van der Waals surface area contributed by atoms with Crippen LogP contribution in [0.5, 0.6) is 0 Å². The lowest BCUT2D eigenvalue weighted by Crippen LogP contribution is -2.49. The smallest absolute Gasteiger partial charge is 0.317 e. The van der Waals surface area contributed by atoms with Crippen LogP contribution in [0.15, 0.2) is 0 Å². The highest BCUT2D eigenvalue weighted by molar-refractivity contribution is 5.73. The van der Waals surface area contributed by atoms with E-state index < -0.39 is 0 Å². The second-order valence-electron chi connectivity index (χ2n) is 7.40. The van der Waals surface area contributed by atoms with Crippen molar-refractivity contribution >= 4 is 6.03 Å². The molecule has 5 heteroatoms. The number of rotatable bonds is 7. The normalized spacial score (nSPS) is 22.4. The van der Waals surface area contributed by atoms with Crippen molar-refractivity contribution in [2.24, 2.45) is 11.8 Å². The molecule has 0 aromatic rings. The van der Waals surface area contributed by atoms with Gasteiger partial charge in [0.2, 0.25) is 0 Å². The van der Waals surface area contributed by atoms with Crippen molar-refractivity contribution in [1.29, 1.82) is 0 Å². The summed E-state index contributed by atoms with van der Waals surface area (Å²) in [5.74, 6) is 1.10. The van der Waals surface area contributed by atoms with Gasteiger partial charge >= 0.3 is 6.03 Å². The molecule has 128 valence electrons. The van der Waals surface area contributed by atoms with Crippen LogP contribution < -0.4 is 5.32 Å². The molecule has 2 saturated carbocycles. The van der Waals surface area contributed by atoms with Crippen molar-refractivity contribution in [2.45, 2.75) is 57.1 Å². The average molecular weight is 311 g/mol. The molecule has 22 heavy (non-hydrogen) atoms. The summed E-state index contributed by atoms with van der Waals surface area (Å²) in [5, 5.41) is 13.0. The van der Waals surface area contributed by atoms with Crippen LogP contribution in [0.1, 0.15) is 44.9 Å². The Morgan fingerprint density at radius 2 is 1.73 bits per heavy atom. The van der Waals surface area contributed by atoms with Crippen LogP contribution >= 0.6 is 0 Å². The van der Waals surface area contributed by atoms with E-state index in [0.29, 0.717) is 31.0 Å². The van der Waals surface area contributed by atoms with Gasteiger partial charge in [-0.05, 0) is 51.6 Å². The monoisotopic (exact) mass is 311 g/mol. The van der Waals surface area contributed by atoms with Gasteiger partial charge in [0.25, 0.3) is 0 Å². The van der Waals surface area contributed by atoms with Gasteiger partial charge in [-0.2, -0.15) is 0 Å². The maximum Gasteiger partial charge on any atom is 0.317 e. The van der Waals surface area contributed by atoms with Gasteiger partial charge in [0, 0.05) is 26.2 Å². The Labute approximate surface area is 135 Å². The number of hydrogen-bond donors (Lipinski definition) is 2. The van der Waals surface area contributed by atoms with Crippen LogP contribution in [0.3, 0.4) is 0 Å². The van der Waals surface area contributed by atoms with Crippen LogP contribution in [-0.4, -0.2) is 67.3 Å². The molecule has 2 N–H and O–H groups in total. The average Bonchev–Trinajstić information content (AvgIpc) is 3.32. The number of nitrogens with zero attached hydrogens (tertiary/aromatic N) is 2. The van der Waals surface area contributed by atoms with Gasteiger partial charge in [0.05, 0.1) is 6.10 Å². The number of amides is 2. The zero-order valence-corrected chi connectivity index (χ0v) is 14.4. The molecule has 0 saturated heterocycles. The summed E-state index contributed by atoms with van der Waals surface area (Å²) in [6.07, 6.45) is 8.36. The van der Waals surface area contributed by atoms with Gasteiger partial charge < -0.3 is 20.2 Å². The standard InChI is InChI=1S/C17H33N3O2/c1-19(2)15(13-7-5-4-6-8-13)11-18-17(22)20(3)12-16(21)14-9-10-14/h13-16,21H,4-12H2,1-3H3,(H,18,22). The molecular formula is C17H33N3O2. The quantitative estimate of drug-likeness (QED) is 0.755. The highest BCUT2D eigenvalue weighted by Gasteiger charge is 2.31. The molecule has 0 spiro atoms. The Morgan fingerprint density at radius 1 is 1.09 bits per heavy atom. The minimum Gasteiger partial charge on any atom is -0.391 e. The van der Waals surface area contributed by atoms with E-state index in [1.165, 1.54) is 32.1 Å². The molecule has 5 nitrogen and oxygen atoms in total. The van der Waals surface area contributed by atoms with Crippen molar-refractivity contribution in [2.75, 3.05) is 34.2 Å². The largest absolute Gasteiger partial charge is 0.391 e. The first-order valence-corrected chi connectivity index (χ1v) is 8.82.